The van der Waals surface area contributed by atoms with Gasteiger partial charge in [-0.05, 0) is 19.1 Å². The van der Waals surface area contributed by atoms with E-state index in [2.05, 4.69) is 11.2 Å². The topological polar surface area (TPSA) is 21.6 Å². The quantitative estimate of drug-likeness (QED) is 0.529. The molecule has 0 amide bonds. The Morgan fingerprint density at radius 3 is 3.30 bits per heavy atom. The van der Waals surface area contributed by atoms with E-state index >= 15 is 0 Å². The molecule has 2 heteroatoms. The Balaban J connectivity index is 2.42. The highest BCUT2D eigenvalue weighted by Gasteiger charge is 1.94. The molecule has 0 saturated heterocycles. The van der Waals surface area contributed by atoms with Gasteiger partial charge in [0, 0.05) is 6.42 Å². The van der Waals surface area contributed by atoms with Crippen LogP contribution < -0.4 is 0 Å². The normalized spacial score (nSPS) is 19.9. The van der Waals surface area contributed by atoms with Gasteiger partial charge in [-0.25, -0.2) is 0 Å². The van der Waals surface area contributed by atoms with Crippen molar-refractivity contribution >= 4 is 5.71 Å². The first-order valence-electron chi connectivity index (χ1n) is 3.36. The molecule has 2 nitrogen and oxygen atoms in total. The van der Waals surface area contributed by atoms with Crippen LogP contribution in [0, 0.1) is 6.08 Å². The third kappa shape index (κ3) is 2.05. The maximum absolute atomic E-state index is 4.86. The summed E-state index contributed by atoms with van der Waals surface area (Å²) in [5.74, 6) is 0. The van der Waals surface area contributed by atoms with Crippen molar-refractivity contribution < 1.29 is 4.84 Å². The molecule has 1 radical (unpaired) electrons. The monoisotopic (exact) mass is 136 g/mol. The lowest BCUT2D eigenvalue weighted by Gasteiger charge is -1.98. The smallest absolute Gasteiger partial charge is 0.114 e. The Morgan fingerprint density at radius 2 is 2.70 bits per heavy atom. The van der Waals surface area contributed by atoms with Crippen LogP contribution in [-0.2, 0) is 4.84 Å². The van der Waals surface area contributed by atoms with E-state index in [0.717, 1.165) is 12.1 Å². The van der Waals surface area contributed by atoms with E-state index < -0.39 is 0 Å². The van der Waals surface area contributed by atoms with E-state index in [4.69, 9.17) is 4.84 Å². The van der Waals surface area contributed by atoms with Crippen LogP contribution >= 0.6 is 0 Å². The number of hydrogen-bond donors (Lipinski definition) is 0. The molecular weight excluding hydrogens is 126 g/mol. The zero-order valence-electron chi connectivity index (χ0n) is 6.00. The van der Waals surface area contributed by atoms with Crippen molar-refractivity contribution in [2.75, 3.05) is 6.61 Å². The summed E-state index contributed by atoms with van der Waals surface area (Å²) < 4.78 is 0. The third-order valence-corrected chi connectivity index (χ3v) is 1.11. The van der Waals surface area contributed by atoms with Gasteiger partial charge in [0.1, 0.15) is 6.61 Å². The average molecular weight is 136 g/mol. The van der Waals surface area contributed by atoms with E-state index in [0.29, 0.717) is 6.61 Å². The minimum Gasteiger partial charge on any atom is -0.396 e. The first kappa shape index (κ1) is 7.06. The number of nitrogens with zero attached hydrogens (tertiary/aromatic N) is 1. The van der Waals surface area contributed by atoms with Gasteiger partial charge in [0.2, 0.25) is 0 Å². The van der Waals surface area contributed by atoms with Crippen molar-refractivity contribution in [3.8, 4) is 0 Å². The molecule has 0 N–H and O–H groups in total. The van der Waals surface area contributed by atoms with Gasteiger partial charge < -0.3 is 4.84 Å². The highest BCUT2D eigenvalue weighted by Crippen LogP contribution is 1.98. The van der Waals surface area contributed by atoms with Crippen LogP contribution in [-0.4, -0.2) is 12.3 Å². The molecule has 53 valence electrons. The number of rotatable bonds is 2. The summed E-state index contributed by atoms with van der Waals surface area (Å²) >= 11 is 0. The largest absolute Gasteiger partial charge is 0.396 e. The Bertz CT molecular complexity index is 180. The Kier molecular flexibility index (Phi) is 2.74. The fourth-order valence-corrected chi connectivity index (χ4v) is 0.659. The zero-order valence-corrected chi connectivity index (χ0v) is 6.00. The van der Waals surface area contributed by atoms with Crippen molar-refractivity contribution in [2.24, 2.45) is 5.16 Å². The molecule has 0 saturated carbocycles. The van der Waals surface area contributed by atoms with Gasteiger partial charge in [0.05, 0.1) is 5.71 Å². The number of oxime groups is 1. The van der Waals surface area contributed by atoms with Crippen molar-refractivity contribution in [1.29, 1.82) is 0 Å². The number of allylic oxidation sites excluding steroid dienone is 4. The van der Waals surface area contributed by atoms with Gasteiger partial charge >= 0.3 is 0 Å². The lowest BCUT2D eigenvalue weighted by atomic mass is 10.2. The fourth-order valence-electron chi connectivity index (χ4n) is 0.659. The van der Waals surface area contributed by atoms with E-state index in [-0.39, 0.29) is 0 Å². The minimum atomic E-state index is 0.630. The molecule has 0 atom stereocenters. The summed E-state index contributed by atoms with van der Waals surface area (Å²) in [5, 5.41) is 3.86. The Labute approximate surface area is 60.9 Å². The maximum atomic E-state index is 4.86. The standard InChI is InChI=1S/C8H10NO/c1-2-10-9-8-6-4-3-5-7-8/h4-6H,2,7H2,1H3. The summed E-state index contributed by atoms with van der Waals surface area (Å²) in [6.45, 7) is 2.54. The summed E-state index contributed by atoms with van der Waals surface area (Å²) in [5.41, 5.74) is 0.959. The molecule has 1 aliphatic rings. The second kappa shape index (κ2) is 3.88. The van der Waals surface area contributed by atoms with Crippen LogP contribution in [0.4, 0.5) is 0 Å². The molecule has 0 heterocycles. The molecule has 1 aliphatic carbocycles. The lowest BCUT2D eigenvalue weighted by molar-refractivity contribution is 0.158. The third-order valence-electron chi connectivity index (χ3n) is 1.11. The minimum absolute atomic E-state index is 0.630. The fraction of sp³-hybridized carbons (Fsp3) is 0.375. The molecule has 0 aromatic rings. The van der Waals surface area contributed by atoms with Gasteiger partial charge in [-0.1, -0.05) is 17.3 Å². The predicted molar refractivity (Wildman–Crippen MR) is 40.6 cm³/mol. The molecule has 0 aliphatic heterocycles. The maximum Gasteiger partial charge on any atom is 0.114 e. The molecule has 0 aromatic carbocycles. The van der Waals surface area contributed by atoms with Gasteiger partial charge in [0.25, 0.3) is 0 Å². The van der Waals surface area contributed by atoms with Gasteiger partial charge in [-0.15, -0.1) is 0 Å². The van der Waals surface area contributed by atoms with Crippen molar-refractivity contribution in [3.05, 3.63) is 24.3 Å². The first-order valence-corrected chi connectivity index (χ1v) is 3.36. The highest BCUT2D eigenvalue weighted by atomic mass is 16.6. The van der Waals surface area contributed by atoms with E-state index in [9.17, 15) is 0 Å². The summed E-state index contributed by atoms with van der Waals surface area (Å²) in [4.78, 5) is 4.86. The molecule has 0 spiro atoms. The lowest BCUT2D eigenvalue weighted by Crippen LogP contribution is -1.95. The molecule has 0 aromatic heterocycles. The molecule has 0 bridgehead atoms. The van der Waals surface area contributed by atoms with E-state index in [1.165, 1.54) is 0 Å². The van der Waals surface area contributed by atoms with Crippen LogP contribution in [0.25, 0.3) is 0 Å². The van der Waals surface area contributed by atoms with E-state index in [1.807, 2.05) is 25.2 Å². The Hall–Kier alpha value is -1.05. The van der Waals surface area contributed by atoms with Crippen LogP contribution in [0.1, 0.15) is 13.3 Å². The average Bonchev–Trinajstić information content (AvgIpc) is 2.03. The Morgan fingerprint density at radius 1 is 1.80 bits per heavy atom. The zero-order chi connectivity index (χ0) is 7.23. The predicted octanol–water partition coefficient (Wildman–Crippen LogP) is 1.70. The SMILES string of the molecule is CCON=C1C=C[C]=CC1. The molecule has 10 heavy (non-hydrogen) atoms. The van der Waals surface area contributed by atoms with Crippen molar-refractivity contribution in [2.45, 2.75) is 13.3 Å². The van der Waals surface area contributed by atoms with Crippen molar-refractivity contribution in [3.63, 3.8) is 0 Å². The molecule has 1 rings (SSSR count). The number of hydrogen-bond acceptors (Lipinski definition) is 2. The van der Waals surface area contributed by atoms with E-state index in [1.54, 1.807) is 0 Å². The first-order chi connectivity index (χ1) is 4.93. The summed E-state index contributed by atoms with van der Waals surface area (Å²) in [7, 11) is 0. The van der Waals surface area contributed by atoms with Crippen LogP contribution in [0.15, 0.2) is 23.4 Å². The van der Waals surface area contributed by atoms with Gasteiger partial charge in [-0.3, -0.25) is 0 Å². The second-order valence-corrected chi connectivity index (χ2v) is 1.91. The molecular formula is C8H10NO. The highest BCUT2D eigenvalue weighted by molar-refractivity contribution is 5.96. The van der Waals surface area contributed by atoms with Crippen LogP contribution in [0.2, 0.25) is 0 Å². The molecule has 0 unspecified atom stereocenters. The molecule has 0 fully saturated rings. The summed E-state index contributed by atoms with van der Waals surface area (Å²) in [6, 6.07) is 0. The van der Waals surface area contributed by atoms with Crippen molar-refractivity contribution in [1.82, 2.24) is 0 Å². The summed E-state index contributed by atoms with van der Waals surface area (Å²) in [6.07, 6.45) is 9.44. The van der Waals surface area contributed by atoms with Crippen LogP contribution in [0.5, 0.6) is 0 Å². The van der Waals surface area contributed by atoms with Gasteiger partial charge in [-0.2, -0.15) is 0 Å². The second-order valence-electron chi connectivity index (χ2n) is 1.91. The van der Waals surface area contributed by atoms with Gasteiger partial charge in [0.15, 0.2) is 0 Å². The van der Waals surface area contributed by atoms with Crippen LogP contribution in [0.3, 0.4) is 0 Å².